The topological polar surface area (TPSA) is 89.9 Å². The molecule has 0 radical (unpaired) electrons. The highest BCUT2D eigenvalue weighted by Crippen LogP contribution is 2.77. The first-order chi connectivity index (χ1) is 17.5. The second-order valence-corrected chi connectivity index (χ2v) is 16.3. The summed E-state index contributed by atoms with van der Waals surface area (Å²) in [7, 11) is -2.94. The maximum Gasteiger partial charge on any atom is 0.397 e. The summed E-state index contributed by atoms with van der Waals surface area (Å²) in [6.45, 7) is 18.4. The highest BCUT2D eigenvalue weighted by atomic mass is 32.3. The predicted octanol–water partition coefficient (Wildman–Crippen LogP) is 7.01. The Morgan fingerprint density at radius 1 is 0.868 bits per heavy atom. The number of hydrogen-bond acceptors (Lipinski definition) is 5. The van der Waals surface area contributed by atoms with E-state index < -0.39 is 16.5 Å². The van der Waals surface area contributed by atoms with Gasteiger partial charge >= 0.3 is 16.4 Å². The molecule has 0 aliphatic heterocycles. The number of allylic oxidation sites excluding steroid dienone is 1. The predicted molar refractivity (Wildman–Crippen MR) is 147 cm³/mol. The summed E-state index contributed by atoms with van der Waals surface area (Å²) in [5.41, 5.74) is 0.815. The lowest BCUT2D eigenvalue weighted by Crippen LogP contribution is -2.67. The van der Waals surface area contributed by atoms with Crippen LogP contribution in [0, 0.1) is 56.7 Å². The fourth-order valence-corrected chi connectivity index (χ4v) is 12.6. The molecule has 5 saturated carbocycles. The zero-order chi connectivity index (χ0) is 28.1. The van der Waals surface area contributed by atoms with Crippen LogP contribution in [0.5, 0.6) is 0 Å². The Labute approximate surface area is 230 Å². The van der Waals surface area contributed by atoms with Crippen LogP contribution < -0.4 is 0 Å². The largest absolute Gasteiger partial charge is 0.469 e. The van der Waals surface area contributed by atoms with E-state index in [1.54, 1.807) is 7.11 Å². The Balaban J connectivity index is 1.52. The molecule has 0 aromatic heterocycles. The molecule has 5 aliphatic rings. The fraction of sp³-hybridized carbons (Fsp3) is 0.903. The number of ether oxygens (including phenoxy) is 1. The van der Waals surface area contributed by atoms with Crippen LogP contribution in [-0.4, -0.2) is 32.2 Å². The van der Waals surface area contributed by atoms with E-state index in [1.807, 2.05) is 0 Å². The van der Waals surface area contributed by atoms with Gasteiger partial charge < -0.3 is 4.74 Å². The van der Waals surface area contributed by atoms with E-state index in [1.165, 1.54) is 5.57 Å². The van der Waals surface area contributed by atoms with Crippen molar-refractivity contribution in [1.82, 2.24) is 0 Å². The van der Waals surface area contributed by atoms with E-state index in [9.17, 15) is 17.8 Å². The molecule has 216 valence electrons. The van der Waals surface area contributed by atoms with E-state index in [0.717, 1.165) is 57.8 Å². The summed E-state index contributed by atoms with van der Waals surface area (Å²) >= 11 is 0. The molecule has 0 aromatic carbocycles. The average molecular weight is 551 g/mol. The van der Waals surface area contributed by atoms with Crippen LogP contribution in [0.25, 0.3) is 0 Å². The van der Waals surface area contributed by atoms with E-state index >= 15 is 0 Å². The first-order valence-electron chi connectivity index (χ1n) is 14.9. The van der Waals surface area contributed by atoms with Gasteiger partial charge in [0.2, 0.25) is 0 Å². The van der Waals surface area contributed by atoms with Crippen LogP contribution in [0.1, 0.15) is 106 Å². The van der Waals surface area contributed by atoms with Crippen LogP contribution in [0.2, 0.25) is 0 Å². The molecule has 10 atom stereocenters. The minimum Gasteiger partial charge on any atom is -0.469 e. The van der Waals surface area contributed by atoms with Gasteiger partial charge in [-0.3, -0.25) is 9.35 Å². The van der Waals surface area contributed by atoms with Gasteiger partial charge in [-0.05, 0) is 122 Å². The van der Waals surface area contributed by atoms with Gasteiger partial charge in [0.15, 0.2) is 0 Å². The van der Waals surface area contributed by atoms with Gasteiger partial charge in [0.1, 0.15) is 0 Å². The van der Waals surface area contributed by atoms with Crippen molar-refractivity contribution >= 4 is 16.4 Å². The number of hydrogen-bond donors (Lipinski definition) is 1. The van der Waals surface area contributed by atoms with E-state index in [0.29, 0.717) is 36.0 Å². The van der Waals surface area contributed by atoms with Crippen LogP contribution in [0.15, 0.2) is 12.2 Å². The quantitative estimate of drug-likeness (QED) is 0.230. The molecule has 0 unspecified atom stereocenters. The van der Waals surface area contributed by atoms with Crippen molar-refractivity contribution in [2.75, 3.05) is 7.11 Å². The zero-order valence-electron chi connectivity index (χ0n) is 24.6. The van der Waals surface area contributed by atoms with Gasteiger partial charge in [0.25, 0.3) is 0 Å². The average Bonchev–Trinajstić information content (AvgIpc) is 3.21. The van der Waals surface area contributed by atoms with Crippen LogP contribution in [-0.2, 0) is 24.1 Å². The molecule has 6 nitrogen and oxygen atoms in total. The fourth-order valence-electron chi connectivity index (χ4n) is 12.0. The lowest BCUT2D eigenvalue weighted by molar-refractivity contribution is -0.246. The molecule has 0 amide bonds. The number of carbonyl (C=O) groups excluding carboxylic acids is 1. The molecule has 5 aliphatic carbocycles. The third-order valence-corrected chi connectivity index (χ3v) is 14.3. The van der Waals surface area contributed by atoms with Gasteiger partial charge in [-0.2, -0.15) is 8.42 Å². The molecule has 7 heteroatoms. The molecule has 0 aromatic rings. The van der Waals surface area contributed by atoms with Crippen molar-refractivity contribution in [3.05, 3.63) is 12.2 Å². The normalized spacial score (nSPS) is 49.7. The van der Waals surface area contributed by atoms with Crippen LogP contribution in [0.4, 0.5) is 0 Å². The molecular weight excluding hydrogens is 500 g/mol. The summed E-state index contributed by atoms with van der Waals surface area (Å²) in [5, 5.41) is 0. The summed E-state index contributed by atoms with van der Waals surface area (Å²) < 4.78 is 43.5. The van der Waals surface area contributed by atoms with Crippen molar-refractivity contribution in [1.29, 1.82) is 0 Å². The standard InChI is InChI=1S/C31H50O6S/c1-19(2)20-11-16-31(26(32)36-8)18-17-29(6)21(25(20)31)9-10-23-28(5)14-13-24(37-38(33,34)35)27(3,4)22(28)12-15-30(23,29)7/h20-25H,1,9-18H2,2-8H3,(H,33,34,35)/t20-,21+,22-,23+,24-,25+,28-,29+,30+,31-/m0/s1. The highest BCUT2D eigenvalue weighted by Gasteiger charge is 2.72. The number of fused-ring (bicyclic) bond motifs is 7. The Bertz CT molecular complexity index is 1110. The maximum atomic E-state index is 13.4. The van der Waals surface area contributed by atoms with Gasteiger partial charge in [-0.15, -0.1) is 0 Å². The SMILES string of the molecule is C=C(C)[C@@H]1CC[C@]2(C(=O)OC)CC[C@]3(C)[C@H](CC[C@@H]4[C@@]5(C)CC[C@H](OS(=O)(=O)O)C(C)(C)[C@@H]5CC[C@]43C)[C@@H]12. The summed E-state index contributed by atoms with van der Waals surface area (Å²) in [4.78, 5) is 13.4. The molecule has 0 heterocycles. The summed E-state index contributed by atoms with van der Waals surface area (Å²) in [5.74, 6) is 1.98. The first kappa shape index (κ1) is 28.6. The Hall–Kier alpha value is -0.920. The Kier molecular flexibility index (Phi) is 6.61. The number of esters is 1. The van der Waals surface area contributed by atoms with Crippen molar-refractivity contribution in [3.63, 3.8) is 0 Å². The van der Waals surface area contributed by atoms with Gasteiger partial charge in [0, 0.05) is 0 Å². The van der Waals surface area contributed by atoms with E-state index in [-0.39, 0.29) is 33.0 Å². The summed E-state index contributed by atoms with van der Waals surface area (Å²) in [6.07, 6.45) is 9.34. The van der Waals surface area contributed by atoms with Gasteiger partial charge in [-0.1, -0.05) is 46.8 Å². The van der Waals surface area contributed by atoms with Crippen molar-refractivity contribution < 1.29 is 26.7 Å². The van der Waals surface area contributed by atoms with Gasteiger partial charge in [0.05, 0.1) is 18.6 Å². The third-order valence-electron chi connectivity index (χ3n) is 13.8. The molecule has 5 fully saturated rings. The molecule has 1 N–H and O–H groups in total. The van der Waals surface area contributed by atoms with E-state index in [4.69, 9.17) is 8.92 Å². The first-order valence-corrected chi connectivity index (χ1v) is 16.2. The molecule has 0 saturated heterocycles. The second-order valence-electron chi connectivity index (χ2n) is 15.2. The number of methoxy groups -OCH3 is 1. The smallest absolute Gasteiger partial charge is 0.397 e. The van der Waals surface area contributed by atoms with Crippen LogP contribution in [0.3, 0.4) is 0 Å². The highest BCUT2D eigenvalue weighted by molar-refractivity contribution is 7.80. The van der Waals surface area contributed by atoms with Crippen molar-refractivity contribution in [2.24, 2.45) is 56.7 Å². The van der Waals surface area contributed by atoms with Crippen LogP contribution >= 0.6 is 0 Å². The number of rotatable bonds is 4. The third kappa shape index (κ3) is 3.69. The molecule has 5 rings (SSSR count). The molecule has 0 bridgehead atoms. The minimum atomic E-state index is -4.49. The Morgan fingerprint density at radius 3 is 2.16 bits per heavy atom. The van der Waals surface area contributed by atoms with Crippen molar-refractivity contribution in [2.45, 2.75) is 112 Å². The lowest BCUT2D eigenvalue weighted by atomic mass is 9.32. The second kappa shape index (κ2) is 8.79. The monoisotopic (exact) mass is 550 g/mol. The van der Waals surface area contributed by atoms with Gasteiger partial charge in [-0.25, -0.2) is 4.18 Å². The van der Waals surface area contributed by atoms with E-state index in [2.05, 4.69) is 48.1 Å². The molecule has 38 heavy (non-hydrogen) atoms. The summed E-state index contributed by atoms with van der Waals surface area (Å²) in [6, 6.07) is 0. The maximum absolute atomic E-state index is 13.4. The Morgan fingerprint density at radius 2 is 1.55 bits per heavy atom. The molecular formula is C31H50O6S. The van der Waals surface area contributed by atoms with Crippen molar-refractivity contribution in [3.8, 4) is 0 Å². The zero-order valence-corrected chi connectivity index (χ0v) is 25.5. The number of carbonyl (C=O) groups is 1. The molecule has 0 spiro atoms. The lowest BCUT2D eigenvalue weighted by Gasteiger charge is -2.72. The minimum absolute atomic E-state index is 0.00449.